The molecule has 0 N–H and O–H groups in total. The molecule has 2 heterocycles. The number of nitrogens with zero attached hydrogens (tertiary/aromatic N) is 3. The van der Waals surface area contributed by atoms with E-state index in [9.17, 15) is 9.59 Å². The first-order valence-electron chi connectivity index (χ1n) is 10.1. The third-order valence-corrected chi connectivity index (χ3v) is 5.62. The summed E-state index contributed by atoms with van der Waals surface area (Å²) in [6.07, 6.45) is 5.38. The molecule has 6 nitrogen and oxygen atoms in total. The number of carbonyl (C=O) groups excluding carboxylic acids is 1. The Morgan fingerprint density at radius 2 is 1.90 bits per heavy atom. The topological polar surface area (TPSA) is 64.4 Å². The van der Waals surface area contributed by atoms with Crippen molar-refractivity contribution in [3.63, 3.8) is 0 Å². The Kier molecular flexibility index (Phi) is 5.60. The first kappa shape index (κ1) is 19.2. The second-order valence-electron chi connectivity index (χ2n) is 7.40. The van der Waals surface area contributed by atoms with E-state index < -0.39 is 0 Å². The lowest BCUT2D eigenvalue weighted by atomic mass is 10.0. The molecular weight excluding hydrogens is 366 g/mol. The number of aromatic nitrogens is 2. The van der Waals surface area contributed by atoms with Crippen LogP contribution in [0.2, 0.25) is 0 Å². The SMILES string of the molecule is COc1ccc(C2CCCCCN2C(=O)Cn2c(=O)cnc3ccccc32)cc1. The van der Waals surface area contributed by atoms with Crippen molar-refractivity contribution in [1.82, 2.24) is 14.5 Å². The zero-order valence-electron chi connectivity index (χ0n) is 16.6. The molecule has 1 saturated heterocycles. The fourth-order valence-electron chi connectivity index (χ4n) is 4.08. The van der Waals surface area contributed by atoms with Crippen LogP contribution in [0.4, 0.5) is 0 Å². The third kappa shape index (κ3) is 4.01. The van der Waals surface area contributed by atoms with Crippen molar-refractivity contribution in [2.45, 2.75) is 38.3 Å². The Balaban J connectivity index is 1.65. The highest BCUT2D eigenvalue weighted by molar-refractivity contribution is 5.80. The van der Waals surface area contributed by atoms with Crippen molar-refractivity contribution in [2.24, 2.45) is 0 Å². The summed E-state index contributed by atoms with van der Waals surface area (Å²) in [6, 6.07) is 15.4. The molecule has 1 fully saturated rings. The number of hydrogen-bond donors (Lipinski definition) is 0. The average molecular weight is 391 g/mol. The molecule has 3 aromatic rings. The maximum Gasteiger partial charge on any atom is 0.269 e. The molecule has 1 atom stereocenters. The van der Waals surface area contributed by atoms with Gasteiger partial charge in [-0.05, 0) is 42.7 Å². The number of fused-ring (bicyclic) bond motifs is 1. The van der Waals surface area contributed by atoms with Gasteiger partial charge < -0.3 is 9.64 Å². The molecule has 0 radical (unpaired) electrons. The van der Waals surface area contributed by atoms with Crippen LogP contribution in [0, 0.1) is 0 Å². The van der Waals surface area contributed by atoms with Crippen LogP contribution < -0.4 is 10.3 Å². The summed E-state index contributed by atoms with van der Waals surface area (Å²) in [5.74, 6) is 0.765. The monoisotopic (exact) mass is 391 g/mol. The minimum atomic E-state index is -0.257. The second-order valence-corrected chi connectivity index (χ2v) is 7.40. The molecule has 4 rings (SSSR count). The average Bonchev–Trinajstić information content (AvgIpc) is 3.02. The first-order chi connectivity index (χ1) is 14.2. The molecule has 29 heavy (non-hydrogen) atoms. The molecule has 1 aromatic heterocycles. The highest BCUT2D eigenvalue weighted by atomic mass is 16.5. The quantitative estimate of drug-likeness (QED) is 0.682. The summed E-state index contributed by atoms with van der Waals surface area (Å²) in [7, 11) is 1.65. The van der Waals surface area contributed by atoms with Crippen molar-refractivity contribution in [2.75, 3.05) is 13.7 Å². The Hall–Kier alpha value is -3.15. The predicted molar refractivity (Wildman–Crippen MR) is 112 cm³/mol. The molecule has 1 amide bonds. The summed E-state index contributed by atoms with van der Waals surface area (Å²) in [5.41, 5.74) is 2.24. The third-order valence-electron chi connectivity index (χ3n) is 5.62. The molecule has 0 spiro atoms. The maximum absolute atomic E-state index is 13.3. The van der Waals surface area contributed by atoms with E-state index in [1.54, 1.807) is 7.11 Å². The van der Waals surface area contributed by atoms with E-state index >= 15 is 0 Å². The number of benzene rings is 2. The van der Waals surface area contributed by atoms with E-state index in [1.807, 2.05) is 53.4 Å². The minimum Gasteiger partial charge on any atom is -0.497 e. The highest BCUT2D eigenvalue weighted by Crippen LogP contribution is 2.31. The Morgan fingerprint density at radius 1 is 1.10 bits per heavy atom. The number of ether oxygens (including phenoxy) is 1. The summed E-state index contributed by atoms with van der Waals surface area (Å²) in [6.45, 7) is 0.724. The molecule has 1 aliphatic heterocycles. The number of likely N-dealkylation sites (tertiary alicyclic amines) is 1. The van der Waals surface area contributed by atoms with E-state index in [0.29, 0.717) is 17.6 Å². The van der Waals surface area contributed by atoms with Crippen molar-refractivity contribution in [1.29, 1.82) is 0 Å². The Bertz CT molecular complexity index is 1060. The van der Waals surface area contributed by atoms with Gasteiger partial charge in [0.2, 0.25) is 5.91 Å². The van der Waals surface area contributed by atoms with E-state index in [2.05, 4.69) is 4.98 Å². The number of amides is 1. The van der Waals surface area contributed by atoms with Crippen molar-refractivity contribution in [3.05, 3.63) is 70.6 Å². The Labute approximate surface area is 169 Å². The standard InChI is InChI=1S/C23H25N3O3/c1-29-18-12-10-17(11-13-18)20-8-3-2-6-14-25(20)23(28)16-26-21-9-5-4-7-19(21)24-15-22(26)27/h4-5,7,9-13,15,20H,2-3,6,8,14,16H2,1H3. The lowest BCUT2D eigenvalue weighted by Gasteiger charge is -2.31. The normalized spacial score (nSPS) is 17.1. The van der Waals surface area contributed by atoms with Crippen molar-refractivity contribution >= 4 is 16.9 Å². The first-order valence-corrected chi connectivity index (χ1v) is 10.1. The van der Waals surface area contributed by atoms with Gasteiger partial charge in [-0.2, -0.15) is 0 Å². The second kappa shape index (κ2) is 8.47. The van der Waals surface area contributed by atoms with Gasteiger partial charge in [-0.3, -0.25) is 14.2 Å². The van der Waals surface area contributed by atoms with Gasteiger partial charge >= 0.3 is 0 Å². The van der Waals surface area contributed by atoms with E-state index in [1.165, 1.54) is 10.8 Å². The number of hydrogen-bond acceptors (Lipinski definition) is 4. The molecule has 0 bridgehead atoms. The molecule has 0 aliphatic carbocycles. The predicted octanol–water partition coefficient (Wildman–Crippen LogP) is 3.55. The molecule has 150 valence electrons. The van der Waals surface area contributed by atoms with Gasteiger partial charge in [-0.15, -0.1) is 0 Å². The fraction of sp³-hybridized carbons (Fsp3) is 0.348. The largest absolute Gasteiger partial charge is 0.497 e. The molecule has 1 unspecified atom stereocenters. The minimum absolute atomic E-state index is 0.0136. The van der Waals surface area contributed by atoms with Crippen LogP contribution in [0.3, 0.4) is 0 Å². The van der Waals surface area contributed by atoms with Crippen LogP contribution in [0.15, 0.2) is 59.5 Å². The van der Waals surface area contributed by atoms with Crippen LogP contribution in [0.25, 0.3) is 11.0 Å². The molecule has 6 heteroatoms. The van der Waals surface area contributed by atoms with E-state index in [4.69, 9.17) is 4.74 Å². The Morgan fingerprint density at radius 3 is 2.69 bits per heavy atom. The fourth-order valence-corrected chi connectivity index (χ4v) is 4.08. The summed E-state index contributed by atoms with van der Waals surface area (Å²) in [4.78, 5) is 31.9. The van der Waals surface area contributed by atoms with Crippen molar-refractivity contribution < 1.29 is 9.53 Å². The summed E-state index contributed by atoms with van der Waals surface area (Å²) in [5, 5.41) is 0. The van der Waals surface area contributed by atoms with Gasteiger partial charge in [0.05, 0.1) is 30.4 Å². The van der Waals surface area contributed by atoms with E-state index in [0.717, 1.165) is 37.0 Å². The zero-order chi connectivity index (χ0) is 20.2. The van der Waals surface area contributed by atoms with Gasteiger partial charge in [0.25, 0.3) is 5.56 Å². The van der Waals surface area contributed by atoms with Crippen molar-refractivity contribution in [3.8, 4) is 5.75 Å². The van der Waals surface area contributed by atoms with Gasteiger partial charge in [0, 0.05) is 6.54 Å². The molecule has 0 saturated carbocycles. The summed E-state index contributed by atoms with van der Waals surface area (Å²) >= 11 is 0. The molecule has 1 aliphatic rings. The number of carbonyl (C=O) groups is 1. The lowest BCUT2D eigenvalue weighted by Crippen LogP contribution is -2.39. The zero-order valence-corrected chi connectivity index (χ0v) is 16.6. The smallest absolute Gasteiger partial charge is 0.269 e. The maximum atomic E-state index is 13.3. The van der Waals surface area contributed by atoms with Crippen LogP contribution in [-0.2, 0) is 11.3 Å². The number of para-hydroxylation sites is 2. The van der Waals surface area contributed by atoms with Gasteiger partial charge in [-0.1, -0.05) is 37.1 Å². The molecule has 2 aromatic carbocycles. The van der Waals surface area contributed by atoms with Gasteiger partial charge in [-0.25, -0.2) is 4.98 Å². The van der Waals surface area contributed by atoms with Gasteiger partial charge in [0.1, 0.15) is 12.3 Å². The highest BCUT2D eigenvalue weighted by Gasteiger charge is 2.27. The molecular formula is C23H25N3O3. The summed E-state index contributed by atoms with van der Waals surface area (Å²) < 4.78 is 6.79. The van der Waals surface area contributed by atoms with Gasteiger partial charge in [0.15, 0.2) is 0 Å². The van der Waals surface area contributed by atoms with Crippen LogP contribution in [0.1, 0.15) is 37.3 Å². The van der Waals surface area contributed by atoms with Crippen LogP contribution in [0.5, 0.6) is 5.75 Å². The van der Waals surface area contributed by atoms with Crippen LogP contribution >= 0.6 is 0 Å². The van der Waals surface area contributed by atoms with E-state index in [-0.39, 0.29) is 24.1 Å². The lowest BCUT2D eigenvalue weighted by molar-refractivity contribution is -0.134. The van der Waals surface area contributed by atoms with Crippen LogP contribution in [-0.4, -0.2) is 34.0 Å². The number of rotatable bonds is 4. The number of methoxy groups -OCH3 is 1.